The number of ether oxygens (including phenoxy) is 3. The van der Waals surface area contributed by atoms with Crippen LogP contribution in [0.25, 0.3) is 0 Å². The fourth-order valence-corrected chi connectivity index (χ4v) is 4.86. The number of benzene rings is 2. The zero-order chi connectivity index (χ0) is 24.3. The fourth-order valence-electron chi connectivity index (χ4n) is 4.86. The highest BCUT2D eigenvalue weighted by Crippen LogP contribution is 2.40. The SMILES string of the molecule is O=C(CNC(=O)c1ccc(N2CCCC2=O)cc1)NCC1(c2ccc3c(c2)OCO3)CCOCC1. The molecule has 2 aromatic carbocycles. The molecule has 2 aromatic rings. The number of carbonyl (C=O) groups excluding carboxylic acids is 3. The van der Waals surface area contributed by atoms with E-state index in [2.05, 4.69) is 10.6 Å². The van der Waals surface area contributed by atoms with Crippen molar-refractivity contribution in [3.63, 3.8) is 0 Å². The first-order chi connectivity index (χ1) is 17.0. The van der Waals surface area contributed by atoms with Gasteiger partial charge in [-0.05, 0) is 61.2 Å². The van der Waals surface area contributed by atoms with Crippen LogP contribution in [0.2, 0.25) is 0 Å². The van der Waals surface area contributed by atoms with Crippen LogP contribution in [-0.4, -0.2) is 57.4 Å². The van der Waals surface area contributed by atoms with Gasteiger partial charge >= 0.3 is 0 Å². The largest absolute Gasteiger partial charge is 0.454 e. The van der Waals surface area contributed by atoms with E-state index in [0.717, 1.165) is 36.3 Å². The van der Waals surface area contributed by atoms with Gasteiger partial charge in [-0.2, -0.15) is 0 Å². The maximum absolute atomic E-state index is 12.6. The van der Waals surface area contributed by atoms with Crippen LogP contribution in [0.1, 0.15) is 41.6 Å². The third-order valence-electron chi connectivity index (χ3n) is 6.98. The normalized spacial score (nSPS) is 18.4. The maximum atomic E-state index is 12.6. The van der Waals surface area contributed by atoms with E-state index in [1.807, 2.05) is 18.2 Å². The average Bonchev–Trinajstić information content (AvgIpc) is 3.55. The van der Waals surface area contributed by atoms with E-state index in [1.165, 1.54) is 0 Å². The van der Waals surface area contributed by atoms with E-state index < -0.39 is 0 Å². The average molecular weight is 480 g/mol. The summed E-state index contributed by atoms with van der Waals surface area (Å²) in [5.41, 5.74) is 2.02. The third kappa shape index (κ3) is 4.95. The highest BCUT2D eigenvalue weighted by atomic mass is 16.7. The fraction of sp³-hybridized carbons (Fsp3) is 0.423. The topological polar surface area (TPSA) is 106 Å². The van der Waals surface area contributed by atoms with E-state index in [9.17, 15) is 14.4 Å². The lowest BCUT2D eigenvalue weighted by Gasteiger charge is -2.38. The van der Waals surface area contributed by atoms with Crippen molar-refractivity contribution >= 4 is 23.4 Å². The van der Waals surface area contributed by atoms with Crippen molar-refractivity contribution in [2.45, 2.75) is 31.1 Å². The lowest BCUT2D eigenvalue weighted by molar-refractivity contribution is -0.120. The van der Waals surface area contributed by atoms with Crippen LogP contribution >= 0.6 is 0 Å². The van der Waals surface area contributed by atoms with Crippen molar-refractivity contribution in [3.05, 3.63) is 53.6 Å². The number of amides is 3. The number of hydrogen-bond donors (Lipinski definition) is 2. The number of anilines is 1. The van der Waals surface area contributed by atoms with Crippen molar-refractivity contribution in [2.24, 2.45) is 0 Å². The highest BCUT2D eigenvalue weighted by Gasteiger charge is 2.36. The quantitative estimate of drug-likeness (QED) is 0.630. The molecule has 2 saturated heterocycles. The molecule has 0 aliphatic carbocycles. The Labute approximate surface area is 203 Å². The minimum absolute atomic E-state index is 0.0990. The van der Waals surface area contributed by atoms with Crippen molar-refractivity contribution in [3.8, 4) is 11.5 Å². The van der Waals surface area contributed by atoms with Crippen LogP contribution < -0.4 is 25.0 Å². The highest BCUT2D eigenvalue weighted by molar-refractivity contribution is 5.98. The molecule has 3 heterocycles. The second kappa shape index (κ2) is 9.95. The second-order valence-electron chi connectivity index (χ2n) is 9.12. The molecule has 0 bridgehead atoms. The third-order valence-corrected chi connectivity index (χ3v) is 6.98. The lowest BCUT2D eigenvalue weighted by atomic mass is 9.74. The van der Waals surface area contributed by atoms with Crippen LogP contribution in [0.4, 0.5) is 5.69 Å². The molecule has 9 nitrogen and oxygen atoms in total. The van der Waals surface area contributed by atoms with Crippen LogP contribution in [0, 0.1) is 0 Å². The van der Waals surface area contributed by atoms with Gasteiger partial charge in [0.1, 0.15) is 0 Å². The van der Waals surface area contributed by atoms with Crippen LogP contribution in [0.5, 0.6) is 11.5 Å². The molecule has 3 aliphatic heterocycles. The smallest absolute Gasteiger partial charge is 0.251 e. The Kier molecular flexibility index (Phi) is 6.59. The Morgan fingerprint density at radius 2 is 1.74 bits per heavy atom. The molecule has 2 N–H and O–H groups in total. The minimum atomic E-state index is -0.337. The second-order valence-corrected chi connectivity index (χ2v) is 9.12. The van der Waals surface area contributed by atoms with Crippen LogP contribution in [0.3, 0.4) is 0 Å². The van der Waals surface area contributed by atoms with Crippen molar-refractivity contribution in [2.75, 3.05) is 44.5 Å². The lowest BCUT2D eigenvalue weighted by Crippen LogP contribution is -2.47. The molecule has 0 saturated carbocycles. The summed E-state index contributed by atoms with van der Waals surface area (Å²) < 4.78 is 16.5. The van der Waals surface area contributed by atoms with Gasteiger partial charge in [-0.3, -0.25) is 14.4 Å². The predicted molar refractivity (Wildman–Crippen MR) is 128 cm³/mol. The van der Waals surface area contributed by atoms with Gasteiger partial charge in [0, 0.05) is 49.4 Å². The van der Waals surface area contributed by atoms with E-state index in [-0.39, 0.29) is 36.5 Å². The predicted octanol–water partition coefficient (Wildman–Crippen LogP) is 2.14. The van der Waals surface area contributed by atoms with Gasteiger partial charge < -0.3 is 29.7 Å². The summed E-state index contributed by atoms with van der Waals surface area (Å²) in [5.74, 6) is 0.942. The molecule has 9 heteroatoms. The van der Waals surface area contributed by atoms with Crippen molar-refractivity contribution in [1.82, 2.24) is 10.6 Å². The molecule has 0 unspecified atom stereocenters. The van der Waals surface area contributed by atoms with E-state index in [0.29, 0.717) is 44.0 Å². The Balaban J connectivity index is 1.16. The van der Waals surface area contributed by atoms with Gasteiger partial charge in [0.2, 0.25) is 18.6 Å². The molecule has 0 aromatic heterocycles. The number of rotatable bonds is 7. The zero-order valence-electron chi connectivity index (χ0n) is 19.5. The van der Waals surface area contributed by atoms with Crippen LogP contribution in [-0.2, 0) is 19.7 Å². The summed E-state index contributed by atoms with van der Waals surface area (Å²) in [6, 6.07) is 12.8. The summed E-state index contributed by atoms with van der Waals surface area (Å²) in [4.78, 5) is 38.7. The summed E-state index contributed by atoms with van der Waals surface area (Å²) >= 11 is 0. The Morgan fingerprint density at radius 1 is 0.971 bits per heavy atom. The summed E-state index contributed by atoms with van der Waals surface area (Å²) in [6.07, 6.45) is 2.94. The number of hydrogen-bond acceptors (Lipinski definition) is 6. The molecular weight excluding hydrogens is 450 g/mol. The standard InChI is InChI=1S/C26H29N3O6/c30-23(15-27-25(32)18-3-6-20(7-4-18)29-11-1-2-24(29)31)28-16-26(9-12-33-13-10-26)19-5-8-21-22(14-19)35-17-34-21/h3-8,14H,1-2,9-13,15-17H2,(H,27,32)(H,28,30). The summed E-state index contributed by atoms with van der Waals surface area (Å²) in [6.45, 7) is 2.44. The molecule has 5 rings (SSSR count). The first-order valence-corrected chi connectivity index (χ1v) is 12.0. The molecule has 0 atom stereocenters. The van der Waals surface area contributed by atoms with Crippen molar-refractivity contribution in [1.29, 1.82) is 0 Å². The van der Waals surface area contributed by atoms with Gasteiger partial charge in [-0.15, -0.1) is 0 Å². The Hall–Kier alpha value is -3.59. The van der Waals surface area contributed by atoms with Gasteiger partial charge in [-0.25, -0.2) is 0 Å². The number of nitrogens with one attached hydrogen (secondary N) is 2. The molecule has 3 aliphatic rings. The number of carbonyl (C=O) groups is 3. The monoisotopic (exact) mass is 479 g/mol. The summed E-state index contributed by atoms with van der Waals surface area (Å²) in [5, 5.41) is 5.67. The summed E-state index contributed by atoms with van der Waals surface area (Å²) in [7, 11) is 0. The first kappa shape index (κ1) is 23.2. The van der Waals surface area contributed by atoms with Gasteiger partial charge in [0.25, 0.3) is 5.91 Å². The minimum Gasteiger partial charge on any atom is -0.454 e. The Bertz CT molecular complexity index is 1110. The zero-order valence-corrected chi connectivity index (χ0v) is 19.5. The van der Waals surface area contributed by atoms with Gasteiger partial charge in [-0.1, -0.05) is 6.07 Å². The molecule has 0 radical (unpaired) electrons. The molecule has 3 amide bonds. The molecule has 35 heavy (non-hydrogen) atoms. The molecular formula is C26H29N3O6. The Morgan fingerprint density at radius 3 is 2.49 bits per heavy atom. The first-order valence-electron chi connectivity index (χ1n) is 12.0. The van der Waals surface area contributed by atoms with E-state index in [4.69, 9.17) is 14.2 Å². The van der Waals surface area contributed by atoms with E-state index in [1.54, 1.807) is 29.2 Å². The molecule has 0 spiro atoms. The molecule has 2 fully saturated rings. The van der Waals surface area contributed by atoms with Crippen LogP contribution in [0.15, 0.2) is 42.5 Å². The number of nitrogens with zero attached hydrogens (tertiary/aromatic N) is 1. The van der Waals surface area contributed by atoms with Gasteiger partial charge in [0.05, 0.1) is 6.54 Å². The number of fused-ring (bicyclic) bond motifs is 1. The maximum Gasteiger partial charge on any atom is 0.251 e. The van der Waals surface area contributed by atoms with E-state index >= 15 is 0 Å². The molecule has 184 valence electrons. The van der Waals surface area contributed by atoms with Crippen molar-refractivity contribution < 1.29 is 28.6 Å². The van der Waals surface area contributed by atoms with Gasteiger partial charge in [0.15, 0.2) is 11.5 Å².